The van der Waals surface area contributed by atoms with Crippen molar-refractivity contribution >= 4 is 11.9 Å². The predicted molar refractivity (Wildman–Crippen MR) is 71.3 cm³/mol. The number of amides is 1. The van der Waals surface area contributed by atoms with E-state index in [2.05, 4.69) is 5.16 Å². The zero-order valence-corrected chi connectivity index (χ0v) is 12.0. The van der Waals surface area contributed by atoms with Crippen molar-refractivity contribution < 1.29 is 19.2 Å². The lowest BCUT2D eigenvalue weighted by atomic mass is 9.74. The van der Waals surface area contributed by atoms with Crippen LogP contribution in [-0.2, 0) is 4.79 Å². The van der Waals surface area contributed by atoms with Crippen molar-refractivity contribution in [1.82, 2.24) is 10.1 Å². The second kappa shape index (κ2) is 5.26. The van der Waals surface area contributed by atoms with Gasteiger partial charge in [-0.1, -0.05) is 5.16 Å². The van der Waals surface area contributed by atoms with Gasteiger partial charge in [0, 0.05) is 19.2 Å². The van der Waals surface area contributed by atoms with E-state index in [1.54, 1.807) is 31.7 Å². The van der Waals surface area contributed by atoms with Gasteiger partial charge in [-0.3, -0.25) is 9.59 Å². The number of aliphatic carboxylic acids is 1. The smallest absolute Gasteiger partial charge is 0.309 e. The van der Waals surface area contributed by atoms with Crippen molar-refractivity contribution in [3.05, 3.63) is 17.5 Å². The molecule has 1 fully saturated rings. The summed E-state index contributed by atoms with van der Waals surface area (Å²) in [6, 6.07) is 1.61. The van der Waals surface area contributed by atoms with E-state index in [0.717, 1.165) is 12.8 Å². The maximum atomic E-state index is 12.3. The molecule has 0 spiro atoms. The standard InChI is InChI=1S/C14H20N2O4/c1-9-7-11(15-20-9)12(17)16-6-4-5-10(8-16)14(2,3)13(18)19/h7,10H,4-6,8H2,1-3H3,(H,18,19). The molecule has 1 aliphatic heterocycles. The number of rotatable bonds is 3. The van der Waals surface area contributed by atoms with Crippen LogP contribution in [0.4, 0.5) is 0 Å². The number of carbonyl (C=O) groups excluding carboxylic acids is 1. The fraction of sp³-hybridized carbons (Fsp3) is 0.643. The van der Waals surface area contributed by atoms with Gasteiger partial charge in [-0.25, -0.2) is 0 Å². The van der Waals surface area contributed by atoms with Gasteiger partial charge in [-0.2, -0.15) is 0 Å². The van der Waals surface area contributed by atoms with Gasteiger partial charge in [-0.15, -0.1) is 0 Å². The molecule has 0 radical (unpaired) electrons. The van der Waals surface area contributed by atoms with E-state index in [1.807, 2.05) is 0 Å². The minimum Gasteiger partial charge on any atom is -0.481 e. The van der Waals surface area contributed by atoms with Crippen LogP contribution in [0.15, 0.2) is 10.6 Å². The van der Waals surface area contributed by atoms with Crippen LogP contribution >= 0.6 is 0 Å². The Bertz CT molecular complexity index is 521. The number of nitrogens with zero attached hydrogens (tertiary/aromatic N) is 2. The predicted octanol–water partition coefficient (Wildman–Crippen LogP) is 1.95. The number of piperidine rings is 1. The molecule has 1 saturated heterocycles. The maximum Gasteiger partial charge on any atom is 0.309 e. The Balaban J connectivity index is 2.11. The monoisotopic (exact) mass is 280 g/mol. The molecule has 6 heteroatoms. The van der Waals surface area contributed by atoms with Gasteiger partial charge in [0.2, 0.25) is 0 Å². The Morgan fingerprint density at radius 1 is 1.50 bits per heavy atom. The molecule has 2 heterocycles. The van der Waals surface area contributed by atoms with E-state index >= 15 is 0 Å². The number of carbonyl (C=O) groups is 2. The molecular formula is C14H20N2O4. The van der Waals surface area contributed by atoms with Gasteiger partial charge in [0.15, 0.2) is 5.69 Å². The molecule has 1 N–H and O–H groups in total. The number of carboxylic acids is 1. The molecule has 0 saturated carbocycles. The van der Waals surface area contributed by atoms with Crippen LogP contribution in [0.3, 0.4) is 0 Å². The maximum absolute atomic E-state index is 12.3. The van der Waals surface area contributed by atoms with E-state index in [-0.39, 0.29) is 17.5 Å². The van der Waals surface area contributed by atoms with Crippen molar-refractivity contribution in [1.29, 1.82) is 0 Å². The Labute approximate surface area is 117 Å². The van der Waals surface area contributed by atoms with Crippen molar-refractivity contribution in [2.24, 2.45) is 11.3 Å². The van der Waals surface area contributed by atoms with E-state index in [0.29, 0.717) is 18.8 Å². The van der Waals surface area contributed by atoms with Crippen LogP contribution in [-0.4, -0.2) is 40.1 Å². The zero-order chi connectivity index (χ0) is 14.9. The van der Waals surface area contributed by atoms with Crippen LogP contribution in [0.25, 0.3) is 0 Å². The van der Waals surface area contributed by atoms with Crippen molar-refractivity contribution in [2.45, 2.75) is 33.6 Å². The van der Waals surface area contributed by atoms with Gasteiger partial charge in [0.25, 0.3) is 5.91 Å². The van der Waals surface area contributed by atoms with Crippen LogP contribution in [0.5, 0.6) is 0 Å². The van der Waals surface area contributed by atoms with Crippen LogP contribution < -0.4 is 0 Å². The molecule has 2 rings (SSSR count). The Hall–Kier alpha value is -1.85. The number of likely N-dealkylation sites (tertiary alicyclic amines) is 1. The van der Waals surface area contributed by atoms with Crippen LogP contribution in [0.1, 0.15) is 42.9 Å². The lowest BCUT2D eigenvalue weighted by Gasteiger charge is -2.38. The molecule has 20 heavy (non-hydrogen) atoms. The quantitative estimate of drug-likeness (QED) is 0.914. The largest absolute Gasteiger partial charge is 0.481 e. The van der Waals surface area contributed by atoms with Crippen LogP contribution in [0, 0.1) is 18.3 Å². The summed E-state index contributed by atoms with van der Waals surface area (Å²) >= 11 is 0. The first-order valence-electron chi connectivity index (χ1n) is 6.78. The highest BCUT2D eigenvalue weighted by atomic mass is 16.5. The summed E-state index contributed by atoms with van der Waals surface area (Å²) in [6.07, 6.45) is 1.63. The average molecular weight is 280 g/mol. The summed E-state index contributed by atoms with van der Waals surface area (Å²) in [5.41, 5.74) is -0.546. The summed E-state index contributed by atoms with van der Waals surface area (Å²) < 4.78 is 4.92. The van der Waals surface area contributed by atoms with E-state index in [4.69, 9.17) is 4.52 Å². The highest BCUT2D eigenvalue weighted by Gasteiger charge is 2.40. The number of carboxylic acid groups (broad SMARTS) is 1. The summed E-state index contributed by atoms with van der Waals surface area (Å²) in [6.45, 7) is 6.25. The number of hydrogen-bond acceptors (Lipinski definition) is 4. The molecular weight excluding hydrogens is 260 g/mol. The second-order valence-electron chi connectivity index (χ2n) is 5.94. The lowest BCUT2D eigenvalue weighted by Crippen LogP contribution is -2.46. The van der Waals surface area contributed by atoms with Gasteiger partial charge >= 0.3 is 5.97 Å². The fourth-order valence-electron chi connectivity index (χ4n) is 2.55. The molecule has 0 aliphatic carbocycles. The topological polar surface area (TPSA) is 83.6 Å². The average Bonchev–Trinajstić information content (AvgIpc) is 2.84. The van der Waals surface area contributed by atoms with Gasteiger partial charge in [0.1, 0.15) is 5.76 Å². The summed E-state index contributed by atoms with van der Waals surface area (Å²) in [5.74, 6) is -0.472. The Morgan fingerprint density at radius 2 is 2.20 bits per heavy atom. The zero-order valence-electron chi connectivity index (χ0n) is 12.0. The molecule has 1 unspecified atom stereocenters. The third-order valence-electron chi connectivity index (χ3n) is 4.13. The first kappa shape index (κ1) is 14.6. The molecule has 0 aromatic carbocycles. The van der Waals surface area contributed by atoms with Crippen LogP contribution in [0.2, 0.25) is 0 Å². The van der Waals surface area contributed by atoms with Crippen molar-refractivity contribution in [3.63, 3.8) is 0 Å². The van der Waals surface area contributed by atoms with Gasteiger partial charge in [-0.05, 0) is 39.5 Å². The van der Waals surface area contributed by atoms with E-state index in [9.17, 15) is 14.7 Å². The second-order valence-corrected chi connectivity index (χ2v) is 5.94. The van der Waals surface area contributed by atoms with E-state index < -0.39 is 11.4 Å². The minimum absolute atomic E-state index is 0.0503. The highest BCUT2D eigenvalue weighted by Crippen LogP contribution is 2.34. The Kier molecular flexibility index (Phi) is 3.83. The number of aromatic nitrogens is 1. The Morgan fingerprint density at radius 3 is 2.75 bits per heavy atom. The van der Waals surface area contributed by atoms with Gasteiger partial charge < -0.3 is 14.5 Å². The molecule has 1 atom stereocenters. The summed E-state index contributed by atoms with van der Waals surface area (Å²) in [5, 5.41) is 13.0. The molecule has 110 valence electrons. The fourth-order valence-corrected chi connectivity index (χ4v) is 2.55. The minimum atomic E-state index is -0.835. The highest BCUT2D eigenvalue weighted by molar-refractivity contribution is 5.92. The molecule has 1 amide bonds. The SMILES string of the molecule is Cc1cc(C(=O)N2CCCC(C(C)(C)C(=O)O)C2)no1. The third-order valence-corrected chi connectivity index (χ3v) is 4.13. The number of hydrogen-bond donors (Lipinski definition) is 1. The normalized spacial score (nSPS) is 19.9. The van der Waals surface area contributed by atoms with Gasteiger partial charge in [0.05, 0.1) is 5.41 Å². The summed E-state index contributed by atoms with van der Waals surface area (Å²) in [4.78, 5) is 25.3. The number of aryl methyl sites for hydroxylation is 1. The first-order valence-corrected chi connectivity index (χ1v) is 6.78. The molecule has 0 bridgehead atoms. The lowest BCUT2D eigenvalue weighted by molar-refractivity contribution is -0.151. The van der Waals surface area contributed by atoms with Crippen molar-refractivity contribution in [3.8, 4) is 0 Å². The van der Waals surface area contributed by atoms with E-state index in [1.165, 1.54) is 0 Å². The van der Waals surface area contributed by atoms with Crippen molar-refractivity contribution in [2.75, 3.05) is 13.1 Å². The molecule has 6 nitrogen and oxygen atoms in total. The molecule has 1 aliphatic rings. The summed E-state index contributed by atoms with van der Waals surface area (Å²) in [7, 11) is 0. The first-order chi connectivity index (χ1) is 9.32. The molecule has 1 aromatic rings. The third kappa shape index (κ3) is 2.69. The molecule has 1 aromatic heterocycles.